The summed E-state index contributed by atoms with van der Waals surface area (Å²) in [6, 6.07) is 7.97. The first-order valence-electron chi connectivity index (χ1n) is 5.03. The zero-order valence-corrected chi connectivity index (χ0v) is 9.19. The number of carbonyl (C=O) groups is 1. The van der Waals surface area contributed by atoms with E-state index in [0.29, 0.717) is 13.0 Å². The van der Waals surface area contributed by atoms with Crippen LogP contribution in [-0.2, 0) is 22.5 Å². The fourth-order valence-electron chi connectivity index (χ4n) is 1.45. The fourth-order valence-corrected chi connectivity index (χ4v) is 1.45. The van der Waals surface area contributed by atoms with Gasteiger partial charge in [-0.05, 0) is 17.5 Å². The van der Waals surface area contributed by atoms with E-state index in [4.69, 9.17) is 5.73 Å². The van der Waals surface area contributed by atoms with Gasteiger partial charge in [0.25, 0.3) is 0 Å². The lowest BCUT2D eigenvalue weighted by Gasteiger charge is -2.09. The van der Waals surface area contributed by atoms with Crippen LogP contribution < -0.4 is 5.73 Å². The van der Waals surface area contributed by atoms with Crippen molar-refractivity contribution in [1.29, 1.82) is 0 Å². The van der Waals surface area contributed by atoms with Gasteiger partial charge in [0.1, 0.15) is 0 Å². The summed E-state index contributed by atoms with van der Waals surface area (Å²) in [6.45, 7) is 2.41. The first-order chi connectivity index (χ1) is 7.17. The molecule has 3 nitrogen and oxygen atoms in total. The van der Waals surface area contributed by atoms with Gasteiger partial charge in [-0.1, -0.05) is 31.2 Å². The molecule has 0 saturated heterocycles. The van der Waals surface area contributed by atoms with Crippen LogP contribution in [0.2, 0.25) is 0 Å². The number of carbonyl (C=O) groups excluding carboxylic acids is 1. The number of hydrogen-bond acceptors (Lipinski definition) is 3. The van der Waals surface area contributed by atoms with E-state index in [-0.39, 0.29) is 11.9 Å². The van der Waals surface area contributed by atoms with E-state index >= 15 is 0 Å². The molecule has 0 saturated carbocycles. The molecule has 0 heterocycles. The lowest BCUT2D eigenvalue weighted by atomic mass is 10.0. The second kappa shape index (κ2) is 5.51. The third-order valence-electron chi connectivity index (χ3n) is 2.40. The van der Waals surface area contributed by atoms with Gasteiger partial charge in [-0.25, -0.2) is 0 Å². The number of rotatable bonds is 4. The molecule has 1 aromatic rings. The van der Waals surface area contributed by atoms with E-state index in [1.807, 2.05) is 31.2 Å². The first kappa shape index (κ1) is 11.7. The quantitative estimate of drug-likeness (QED) is 0.761. The van der Waals surface area contributed by atoms with Crippen LogP contribution in [0.5, 0.6) is 0 Å². The minimum Gasteiger partial charge on any atom is -0.469 e. The average Bonchev–Trinajstić information content (AvgIpc) is 2.29. The number of ether oxygens (including phenoxy) is 1. The first-order valence-corrected chi connectivity index (χ1v) is 5.03. The van der Waals surface area contributed by atoms with Crippen molar-refractivity contribution in [3.8, 4) is 0 Å². The van der Waals surface area contributed by atoms with Crippen LogP contribution in [0.1, 0.15) is 18.1 Å². The van der Waals surface area contributed by atoms with Gasteiger partial charge in [-0.2, -0.15) is 0 Å². The van der Waals surface area contributed by atoms with Gasteiger partial charge in [-0.3, -0.25) is 4.79 Å². The van der Waals surface area contributed by atoms with Crippen molar-refractivity contribution < 1.29 is 9.53 Å². The zero-order valence-electron chi connectivity index (χ0n) is 9.19. The molecule has 1 rings (SSSR count). The van der Waals surface area contributed by atoms with Crippen molar-refractivity contribution in [3.05, 3.63) is 35.4 Å². The van der Waals surface area contributed by atoms with Crippen LogP contribution in [0.4, 0.5) is 0 Å². The highest BCUT2D eigenvalue weighted by molar-refractivity contribution is 5.72. The molecule has 2 N–H and O–H groups in total. The fraction of sp³-hybridized carbons (Fsp3) is 0.417. The molecule has 0 bridgehead atoms. The van der Waals surface area contributed by atoms with E-state index in [1.54, 1.807) is 0 Å². The Morgan fingerprint density at radius 3 is 2.33 bits per heavy atom. The average molecular weight is 207 g/mol. The Bertz CT molecular complexity index is 319. The van der Waals surface area contributed by atoms with Gasteiger partial charge in [0.2, 0.25) is 0 Å². The molecule has 0 spiro atoms. The van der Waals surface area contributed by atoms with E-state index in [0.717, 1.165) is 11.1 Å². The Balaban J connectivity index is 2.60. The van der Waals surface area contributed by atoms with Crippen molar-refractivity contribution in [2.75, 3.05) is 7.11 Å². The van der Waals surface area contributed by atoms with Crippen LogP contribution in [-0.4, -0.2) is 13.1 Å². The monoisotopic (exact) mass is 207 g/mol. The van der Waals surface area contributed by atoms with Crippen molar-refractivity contribution in [2.45, 2.75) is 19.9 Å². The molecule has 0 aromatic heterocycles. The normalized spacial score (nSPS) is 12.2. The van der Waals surface area contributed by atoms with Crippen molar-refractivity contribution in [3.63, 3.8) is 0 Å². The van der Waals surface area contributed by atoms with Crippen molar-refractivity contribution in [1.82, 2.24) is 0 Å². The van der Waals surface area contributed by atoms with E-state index in [1.165, 1.54) is 7.11 Å². The molecule has 0 radical (unpaired) electrons. The van der Waals surface area contributed by atoms with Gasteiger partial charge in [0, 0.05) is 6.54 Å². The topological polar surface area (TPSA) is 52.3 Å². The van der Waals surface area contributed by atoms with Crippen molar-refractivity contribution in [2.24, 2.45) is 11.7 Å². The highest BCUT2D eigenvalue weighted by Gasteiger charge is 2.13. The van der Waals surface area contributed by atoms with Crippen LogP contribution in [0.3, 0.4) is 0 Å². The number of nitrogens with two attached hydrogens (primary N) is 1. The maximum atomic E-state index is 11.2. The van der Waals surface area contributed by atoms with Crippen LogP contribution in [0.15, 0.2) is 24.3 Å². The molecule has 82 valence electrons. The molecule has 0 fully saturated rings. The molecular formula is C12H17NO2. The summed E-state index contributed by atoms with van der Waals surface area (Å²) in [5, 5.41) is 0. The molecule has 0 amide bonds. The van der Waals surface area contributed by atoms with Crippen LogP contribution >= 0.6 is 0 Å². The Kier molecular flexibility index (Phi) is 4.31. The summed E-state index contributed by atoms with van der Waals surface area (Å²) in [4.78, 5) is 11.2. The smallest absolute Gasteiger partial charge is 0.308 e. The second-order valence-electron chi connectivity index (χ2n) is 3.65. The summed E-state index contributed by atoms with van der Waals surface area (Å²) < 4.78 is 4.67. The molecule has 0 aliphatic heterocycles. The summed E-state index contributed by atoms with van der Waals surface area (Å²) in [7, 11) is 1.41. The number of benzene rings is 1. The summed E-state index contributed by atoms with van der Waals surface area (Å²) >= 11 is 0. The highest BCUT2D eigenvalue weighted by Crippen LogP contribution is 2.11. The van der Waals surface area contributed by atoms with E-state index in [9.17, 15) is 4.79 Å². The minimum atomic E-state index is -0.169. The minimum absolute atomic E-state index is 0.0984. The third kappa shape index (κ3) is 3.36. The summed E-state index contributed by atoms with van der Waals surface area (Å²) in [6.07, 6.45) is 0.706. The molecule has 0 aliphatic carbocycles. The zero-order chi connectivity index (χ0) is 11.3. The molecule has 1 unspecified atom stereocenters. The molecular weight excluding hydrogens is 190 g/mol. The van der Waals surface area contributed by atoms with Gasteiger partial charge in [-0.15, -0.1) is 0 Å². The Hall–Kier alpha value is -1.35. The lowest BCUT2D eigenvalue weighted by Crippen LogP contribution is -2.15. The predicted octanol–water partition coefficient (Wildman–Crippen LogP) is 1.50. The largest absolute Gasteiger partial charge is 0.469 e. The molecule has 0 aliphatic rings. The van der Waals surface area contributed by atoms with E-state index < -0.39 is 0 Å². The number of esters is 1. The van der Waals surface area contributed by atoms with Crippen LogP contribution in [0, 0.1) is 5.92 Å². The standard InChI is InChI=1S/C12H17NO2/c1-9(12(14)15-2)7-10-3-5-11(8-13)6-4-10/h3-6,9H,7-8,13H2,1-2H3. The second-order valence-corrected chi connectivity index (χ2v) is 3.65. The van der Waals surface area contributed by atoms with Gasteiger partial charge < -0.3 is 10.5 Å². The highest BCUT2D eigenvalue weighted by atomic mass is 16.5. The third-order valence-corrected chi connectivity index (χ3v) is 2.40. The molecule has 15 heavy (non-hydrogen) atoms. The van der Waals surface area contributed by atoms with Gasteiger partial charge in [0.15, 0.2) is 0 Å². The Morgan fingerprint density at radius 1 is 1.33 bits per heavy atom. The number of methoxy groups -OCH3 is 1. The summed E-state index contributed by atoms with van der Waals surface area (Å²) in [5.74, 6) is -0.267. The van der Waals surface area contributed by atoms with Crippen molar-refractivity contribution >= 4 is 5.97 Å². The molecule has 3 heteroatoms. The SMILES string of the molecule is COC(=O)C(C)Cc1ccc(CN)cc1. The lowest BCUT2D eigenvalue weighted by molar-refractivity contribution is -0.144. The maximum Gasteiger partial charge on any atom is 0.308 e. The van der Waals surface area contributed by atoms with Gasteiger partial charge >= 0.3 is 5.97 Å². The Labute approximate surface area is 90.2 Å². The van der Waals surface area contributed by atoms with Gasteiger partial charge in [0.05, 0.1) is 13.0 Å². The van der Waals surface area contributed by atoms with Crippen LogP contribution in [0.25, 0.3) is 0 Å². The molecule has 1 atom stereocenters. The molecule has 1 aromatic carbocycles. The number of hydrogen-bond donors (Lipinski definition) is 1. The predicted molar refractivity (Wildman–Crippen MR) is 59.2 cm³/mol. The maximum absolute atomic E-state index is 11.2. The van der Waals surface area contributed by atoms with E-state index in [2.05, 4.69) is 4.74 Å². The summed E-state index contributed by atoms with van der Waals surface area (Å²) in [5.41, 5.74) is 7.73. The Morgan fingerprint density at radius 2 is 1.87 bits per heavy atom.